The summed E-state index contributed by atoms with van der Waals surface area (Å²) in [5, 5.41) is 37.9. The topological polar surface area (TPSA) is 177 Å². The number of fused-ring (bicyclic) bond motifs is 3. The molecule has 3 aromatic carbocycles. The lowest BCUT2D eigenvalue weighted by Gasteiger charge is -1.99. The first-order chi connectivity index (χ1) is 19.3. The monoisotopic (exact) mass is 551 g/mol. The fourth-order valence-electron chi connectivity index (χ4n) is 3.81. The van der Waals surface area contributed by atoms with Gasteiger partial charge in [0.1, 0.15) is 13.3 Å². The molecular formula is C25H23F2N9O4. The van der Waals surface area contributed by atoms with Gasteiger partial charge in [0.2, 0.25) is 0 Å². The number of nitrogens with one attached hydrogen (secondary N) is 1. The minimum atomic E-state index is -0.542. The number of aryl methyl sites for hydroxylation is 2. The Kier molecular flexibility index (Phi) is 8.53. The molecular weight excluding hydrogens is 528 g/mol. The van der Waals surface area contributed by atoms with Gasteiger partial charge in [0.05, 0.1) is 58.1 Å². The van der Waals surface area contributed by atoms with Crippen LogP contribution in [0, 0.1) is 20.2 Å². The Morgan fingerprint density at radius 2 is 1.27 bits per heavy atom. The number of alkyl halides is 2. The zero-order valence-corrected chi connectivity index (χ0v) is 20.9. The molecule has 3 heterocycles. The quantitative estimate of drug-likeness (QED) is 0.165. The number of hydrogen-bond acceptors (Lipinski definition) is 8. The van der Waals surface area contributed by atoms with Crippen LogP contribution in [0.4, 0.5) is 25.8 Å². The summed E-state index contributed by atoms with van der Waals surface area (Å²) in [5.74, 6) is 0. The lowest BCUT2D eigenvalue weighted by atomic mass is 10.2. The van der Waals surface area contributed by atoms with Crippen LogP contribution in [0.5, 0.6) is 0 Å². The van der Waals surface area contributed by atoms with Crippen LogP contribution in [-0.4, -0.2) is 53.0 Å². The molecule has 206 valence electrons. The zero-order valence-electron chi connectivity index (χ0n) is 20.9. The van der Waals surface area contributed by atoms with E-state index in [0.717, 1.165) is 21.7 Å². The summed E-state index contributed by atoms with van der Waals surface area (Å²) in [6, 6.07) is 14.5. The Labute approximate surface area is 224 Å². The van der Waals surface area contributed by atoms with Gasteiger partial charge in [-0.1, -0.05) is 0 Å². The molecule has 0 saturated heterocycles. The summed E-state index contributed by atoms with van der Waals surface area (Å²) < 4.78 is 27.3. The molecule has 13 nitrogen and oxygen atoms in total. The van der Waals surface area contributed by atoms with Crippen molar-refractivity contribution in [2.75, 3.05) is 19.1 Å². The number of H-pyrrole nitrogens is 1. The number of hydrogen-bond donors (Lipinski definition) is 2. The van der Waals surface area contributed by atoms with Crippen LogP contribution in [-0.2, 0) is 13.1 Å². The second-order valence-corrected chi connectivity index (χ2v) is 8.33. The fourth-order valence-corrected chi connectivity index (χ4v) is 3.81. The van der Waals surface area contributed by atoms with Crippen LogP contribution >= 0.6 is 0 Å². The number of nitro benzene ring substituents is 2. The number of anilines is 1. The van der Waals surface area contributed by atoms with Crippen molar-refractivity contribution in [3.8, 4) is 0 Å². The van der Waals surface area contributed by atoms with E-state index in [0.29, 0.717) is 16.7 Å². The van der Waals surface area contributed by atoms with E-state index in [9.17, 15) is 29.0 Å². The maximum atomic E-state index is 12.1. The number of rotatable bonds is 6. The third-order valence-corrected chi connectivity index (χ3v) is 5.74. The maximum absolute atomic E-state index is 12.1. The molecule has 15 heteroatoms. The first-order valence-electron chi connectivity index (χ1n) is 11.8. The van der Waals surface area contributed by atoms with E-state index in [2.05, 4.69) is 20.4 Å². The van der Waals surface area contributed by atoms with Gasteiger partial charge in [0.25, 0.3) is 11.4 Å². The molecule has 6 aromatic rings. The van der Waals surface area contributed by atoms with Crippen LogP contribution in [0.3, 0.4) is 0 Å². The average Bonchev–Trinajstić information content (AvgIpc) is 3.68. The highest BCUT2D eigenvalue weighted by atomic mass is 19.1. The van der Waals surface area contributed by atoms with Gasteiger partial charge < -0.3 is 5.73 Å². The van der Waals surface area contributed by atoms with Gasteiger partial charge in [-0.25, -0.2) is 8.78 Å². The highest BCUT2D eigenvalue weighted by Gasteiger charge is 2.10. The minimum Gasteiger partial charge on any atom is -0.399 e. The second-order valence-electron chi connectivity index (χ2n) is 8.33. The average molecular weight is 552 g/mol. The predicted octanol–water partition coefficient (Wildman–Crippen LogP) is 4.97. The van der Waals surface area contributed by atoms with Crippen molar-refractivity contribution >= 4 is 49.8 Å². The number of nitrogens with two attached hydrogens (primary N) is 1. The Morgan fingerprint density at radius 1 is 0.750 bits per heavy atom. The number of aromatic amines is 1. The summed E-state index contributed by atoms with van der Waals surface area (Å²) >= 11 is 0. The zero-order chi connectivity index (χ0) is 28.6. The van der Waals surface area contributed by atoms with Gasteiger partial charge in [-0.3, -0.25) is 34.7 Å². The minimum absolute atomic E-state index is 0.0110. The van der Waals surface area contributed by atoms with E-state index < -0.39 is 23.2 Å². The van der Waals surface area contributed by atoms with E-state index in [1.54, 1.807) is 41.5 Å². The first-order valence-corrected chi connectivity index (χ1v) is 11.8. The third kappa shape index (κ3) is 6.32. The fraction of sp³-hybridized carbons (Fsp3) is 0.160. The molecule has 3 aromatic heterocycles. The van der Waals surface area contributed by atoms with Crippen molar-refractivity contribution < 1.29 is 18.6 Å². The van der Waals surface area contributed by atoms with Gasteiger partial charge in [-0.15, -0.1) is 0 Å². The number of nitro groups is 2. The molecule has 40 heavy (non-hydrogen) atoms. The lowest BCUT2D eigenvalue weighted by molar-refractivity contribution is -0.384. The molecule has 0 atom stereocenters. The number of nitrogen functional groups attached to an aromatic ring is 1. The highest BCUT2D eigenvalue weighted by molar-refractivity contribution is 5.82. The Hall–Kier alpha value is -5.47. The van der Waals surface area contributed by atoms with E-state index in [4.69, 9.17) is 5.73 Å². The van der Waals surface area contributed by atoms with Gasteiger partial charge >= 0.3 is 0 Å². The molecule has 0 saturated carbocycles. The van der Waals surface area contributed by atoms with E-state index in [1.807, 2.05) is 12.1 Å². The van der Waals surface area contributed by atoms with Crippen molar-refractivity contribution in [3.63, 3.8) is 0 Å². The highest BCUT2D eigenvalue weighted by Crippen LogP contribution is 2.21. The van der Waals surface area contributed by atoms with E-state index in [-0.39, 0.29) is 24.5 Å². The molecule has 0 fully saturated rings. The van der Waals surface area contributed by atoms with Crippen LogP contribution in [0.25, 0.3) is 32.7 Å². The Balaban J connectivity index is 0.000000140. The summed E-state index contributed by atoms with van der Waals surface area (Å²) in [4.78, 5) is 20.0. The largest absolute Gasteiger partial charge is 0.399 e. The van der Waals surface area contributed by atoms with Crippen LogP contribution in [0.2, 0.25) is 0 Å². The Morgan fingerprint density at radius 3 is 1.85 bits per heavy atom. The summed E-state index contributed by atoms with van der Waals surface area (Å²) in [6.45, 7) is -0.553. The number of benzene rings is 3. The summed E-state index contributed by atoms with van der Waals surface area (Å²) in [5.41, 5.74) is 8.51. The van der Waals surface area contributed by atoms with Crippen molar-refractivity contribution in [1.29, 1.82) is 0 Å². The molecule has 0 radical (unpaired) electrons. The molecule has 6 rings (SSSR count). The van der Waals surface area contributed by atoms with Crippen LogP contribution < -0.4 is 5.73 Å². The van der Waals surface area contributed by atoms with Gasteiger partial charge in [-0.2, -0.15) is 15.3 Å². The number of aromatic nitrogens is 6. The van der Waals surface area contributed by atoms with Crippen molar-refractivity contribution in [1.82, 2.24) is 29.8 Å². The number of halogens is 2. The smallest absolute Gasteiger partial charge is 0.271 e. The van der Waals surface area contributed by atoms with Crippen LogP contribution in [0.15, 0.2) is 73.2 Å². The third-order valence-electron chi connectivity index (χ3n) is 5.74. The van der Waals surface area contributed by atoms with Crippen molar-refractivity contribution in [3.05, 3.63) is 93.4 Å². The van der Waals surface area contributed by atoms with Crippen molar-refractivity contribution in [2.24, 2.45) is 0 Å². The van der Waals surface area contributed by atoms with E-state index in [1.165, 1.54) is 28.9 Å². The summed E-state index contributed by atoms with van der Waals surface area (Å²) in [7, 11) is 0. The number of nitrogens with zero attached hydrogens (tertiary/aromatic N) is 7. The van der Waals surface area contributed by atoms with Gasteiger partial charge in [0.15, 0.2) is 0 Å². The SMILES string of the molecule is Nc1ccc2cnn(CCF)c2c1.O=[N+]([O-])c1ccc2cn[nH]c2c1.O=[N+]([O-])c1ccc2cnn(CCF)c2c1. The molecule has 3 N–H and O–H groups in total. The second kappa shape index (κ2) is 12.4. The Bertz CT molecular complexity index is 1780. The predicted molar refractivity (Wildman–Crippen MR) is 145 cm³/mol. The number of non-ortho nitro benzene ring substituents is 2. The maximum Gasteiger partial charge on any atom is 0.271 e. The normalized spacial score (nSPS) is 10.7. The van der Waals surface area contributed by atoms with E-state index >= 15 is 0 Å². The van der Waals surface area contributed by atoms with Gasteiger partial charge in [0, 0.05) is 46.1 Å². The molecule has 0 spiro atoms. The molecule has 0 aliphatic heterocycles. The van der Waals surface area contributed by atoms with Crippen molar-refractivity contribution in [2.45, 2.75) is 13.1 Å². The van der Waals surface area contributed by atoms with Crippen LogP contribution in [0.1, 0.15) is 0 Å². The molecule has 0 aliphatic carbocycles. The molecule has 0 amide bonds. The lowest BCUT2D eigenvalue weighted by Crippen LogP contribution is -2.01. The first kappa shape index (κ1) is 27.6. The standard InChI is InChI=1S/C9H8FN3O2.C9H10FN3.C7H5N3O2/c10-3-4-12-9-5-8(13(14)15)2-1-7(9)6-11-12;10-3-4-13-9-5-8(11)2-1-7(9)6-12-13;11-10(12)6-2-1-5-4-8-9-7(5)3-6/h1-2,5-6H,3-4H2;1-2,5-6H,3-4,11H2;1-4H,(H,8,9). The van der Waals surface area contributed by atoms with Gasteiger partial charge in [-0.05, 0) is 30.3 Å². The molecule has 0 unspecified atom stereocenters. The molecule has 0 bridgehead atoms. The summed E-state index contributed by atoms with van der Waals surface area (Å²) in [6.07, 6.45) is 4.90. The molecule has 0 aliphatic rings.